The van der Waals surface area contributed by atoms with Crippen LogP contribution in [0.5, 0.6) is 0 Å². The molecule has 0 bridgehead atoms. The quantitative estimate of drug-likeness (QED) is 0.740. The van der Waals surface area contributed by atoms with E-state index in [2.05, 4.69) is 15.2 Å². The lowest BCUT2D eigenvalue weighted by Gasteiger charge is -1.88. The third-order valence-electron chi connectivity index (χ3n) is 1.76. The van der Waals surface area contributed by atoms with Gasteiger partial charge in [0, 0.05) is 20.0 Å². The minimum atomic E-state index is 0.528. The molecule has 0 saturated carbocycles. The predicted octanol–water partition coefficient (Wildman–Crippen LogP) is -0.0287. The summed E-state index contributed by atoms with van der Waals surface area (Å²) >= 11 is 0. The van der Waals surface area contributed by atoms with Crippen LogP contribution in [0.4, 0.5) is 0 Å². The van der Waals surface area contributed by atoms with E-state index in [1.54, 1.807) is 19.4 Å². The highest BCUT2D eigenvalue weighted by Crippen LogP contribution is 2.16. The second-order valence-corrected chi connectivity index (χ2v) is 2.88. The summed E-state index contributed by atoms with van der Waals surface area (Å²) in [7, 11) is 1.75. The number of oxazole rings is 1. The summed E-state index contributed by atoms with van der Waals surface area (Å²) in [6, 6.07) is 0. The van der Waals surface area contributed by atoms with Crippen molar-refractivity contribution in [2.75, 3.05) is 6.54 Å². The highest BCUT2D eigenvalue weighted by molar-refractivity contribution is 5.47. The molecule has 2 N–H and O–H groups in total. The first kappa shape index (κ1) is 8.89. The topological polar surface area (TPSA) is 82.8 Å². The lowest BCUT2D eigenvalue weighted by atomic mass is 10.4. The van der Waals surface area contributed by atoms with Crippen LogP contribution in [0.15, 0.2) is 16.8 Å². The van der Waals surface area contributed by atoms with Gasteiger partial charge in [0.2, 0.25) is 0 Å². The van der Waals surface area contributed by atoms with Gasteiger partial charge in [-0.3, -0.25) is 0 Å². The van der Waals surface area contributed by atoms with E-state index in [0.717, 1.165) is 0 Å². The Balaban J connectivity index is 2.24. The highest BCUT2D eigenvalue weighted by atomic mass is 16.4. The van der Waals surface area contributed by atoms with Gasteiger partial charge in [0.15, 0.2) is 11.7 Å². The van der Waals surface area contributed by atoms with E-state index < -0.39 is 0 Å². The molecule has 0 amide bonds. The normalized spacial score (nSPS) is 10.7. The van der Waals surface area contributed by atoms with Crippen LogP contribution in [-0.2, 0) is 13.5 Å². The fourth-order valence-corrected chi connectivity index (χ4v) is 1.13. The first-order valence-electron chi connectivity index (χ1n) is 4.31. The van der Waals surface area contributed by atoms with E-state index in [1.165, 1.54) is 4.80 Å². The van der Waals surface area contributed by atoms with Gasteiger partial charge >= 0.3 is 0 Å². The van der Waals surface area contributed by atoms with E-state index in [0.29, 0.717) is 30.3 Å². The second kappa shape index (κ2) is 3.59. The monoisotopic (exact) mass is 193 g/mol. The van der Waals surface area contributed by atoms with E-state index in [1.807, 2.05) is 0 Å². The van der Waals surface area contributed by atoms with Gasteiger partial charge in [0.05, 0.1) is 12.4 Å². The maximum Gasteiger partial charge on any atom is 0.196 e. The molecule has 0 radical (unpaired) electrons. The lowest BCUT2D eigenvalue weighted by molar-refractivity contribution is 0.505. The fourth-order valence-electron chi connectivity index (χ4n) is 1.13. The van der Waals surface area contributed by atoms with Crippen LogP contribution in [-0.4, -0.2) is 26.5 Å². The fraction of sp³-hybridized carbons (Fsp3) is 0.375. The third kappa shape index (κ3) is 1.64. The van der Waals surface area contributed by atoms with Crippen LogP contribution in [0.25, 0.3) is 11.5 Å². The zero-order valence-electron chi connectivity index (χ0n) is 7.84. The number of aryl methyl sites for hydroxylation is 1. The van der Waals surface area contributed by atoms with Crippen LogP contribution in [0.2, 0.25) is 0 Å². The van der Waals surface area contributed by atoms with Crippen molar-refractivity contribution in [3.05, 3.63) is 18.3 Å². The van der Waals surface area contributed by atoms with Crippen LogP contribution in [0.1, 0.15) is 5.89 Å². The SMILES string of the molecule is Cn1ncc(-c2cnc(CCN)o2)n1. The summed E-state index contributed by atoms with van der Waals surface area (Å²) in [5, 5.41) is 8.04. The van der Waals surface area contributed by atoms with Crippen molar-refractivity contribution in [2.45, 2.75) is 6.42 Å². The molecule has 2 aromatic rings. The summed E-state index contributed by atoms with van der Waals surface area (Å²) in [6.45, 7) is 0.528. The van der Waals surface area contributed by atoms with Crippen molar-refractivity contribution in [1.29, 1.82) is 0 Å². The molecule has 0 spiro atoms. The van der Waals surface area contributed by atoms with Crippen molar-refractivity contribution in [1.82, 2.24) is 20.0 Å². The Labute approximate surface area is 80.7 Å². The Bertz CT molecular complexity index is 419. The molecule has 0 atom stereocenters. The largest absolute Gasteiger partial charge is 0.439 e. The predicted molar refractivity (Wildman–Crippen MR) is 49.3 cm³/mol. The zero-order valence-corrected chi connectivity index (χ0v) is 7.84. The molecule has 0 unspecified atom stereocenters. The number of hydrogen-bond donors (Lipinski definition) is 1. The average molecular weight is 193 g/mol. The Morgan fingerprint density at radius 2 is 2.36 bits per heavy atom. The number of rotatable bonds is 3. The van der Waals surface area contributed by atoms with Crippen molar-refractivity contribution < 1.29 is 4.42 Å². The standard InChI is InChI=1S/C8H11N5O/c1-13-11-4-6(12-13)7-5-10-8(14-7)2-3-9/h4-5H,2-3,9H2,1H3. The minimum absolute atomic E-state index is 0.528. The van der Waals surface area contributed by atoms with Crippen molar-refractivity contribution in [2.24, 2.45) is 12.8 Å². The van der Waals surface area contributed by atoms with E-state index in [-0.39, 0.29) is 0 Å². The molecule has 14 heavy (non-hydrogen) atoms. The number of aromatic nitrogens is 4. The number of nitrogens with zero attached hydrogens (tertiary/aromatic N) is 4. The summed E-state index contributed by atoms with van der Waals surface area (Å²) < 4.78 is 5.42. The van der Waals surface area contributed by atoms with Crippen LogP contribution in [0.3, 0.4) is 0 Å². The smallest absolute Gasteiger partial charge is 0.196 e. The van der Waals surface area contributed by atoms with Gasteiger partial charge in [0.25, 0.3) is 0 Å². The maximum atomic E-state index is 5.42. The highest BCUT2D eigenvalue weighted by Gasteiger charge is 2.08. The summed E-state index contributed by atoms with van der Waals surface area (Å²) in [5.41, 5.74) is 6.06. The molecule has 0 aliphatic carbocycles. The average Bonchev–Trinajstić information content (AvgIpc) is 2.74. The van der Waals surface area contributed by atoms with Gasteiger partial charge in [-0.15, -0.1) is 0 Å². The first-order valence-corrected chi connectivity index (χ1v) is 4.31. The molecule has 2 aromatic heterocycles. The van der Waals surface area contributed by atoms with Gasteiger partial charge in [-0.25, -0.2) is 4.98 Å². The van der Waals surface area contributed by atoms with E-state index in [4.69, 9.17) is 10.2 Å². The Hall–Kier alpha value is -1.69. The molecule has 0 aromatic carbocycles. The molecular weight excluding hydrogens is 182 g/mol. The van der Waals surface area contributed by atoms with E-state index in [9.17, 15) is 0 Å². The molecule has 74 valence electrons. The maximum absolute atomic E-state index is 5.42. The molecular formula is C8H11N5O. The number of nitrogens with two attached hydrogens (primary N) is 1. The van der Waals surface area contributed by atoms with Crippen LogP contribution >= 0.6 is 0 Å². The molecule has 0 aliphatic rings. The summed E-state index contributed by atoms with van der Waals surface area (Å²) in [5.74, 6) is 1.26. The van der Waals surface area contributed by atoms with Gasteiger partial charge in [-0.2, -0.15) is 15.0 Å². The summed E-state index contributed by atoms with van der Waals surface area (Å²) in [6.07, 6.45) is 3.90. The molecule has 0 aliphatic heterocycles. The Morgan fingerprint density at radius 1 is 1.50 bits per heavy atom. The molecule has 6 nitrogen and oxygen atoms in total. The summed E-state index contributed by atoms with van der Waals surface area (Å²) in [4.78, 5) is 5.54. The third-order valence-corrected chi connectivity index (χ3v) is 1.76. The van der Waals surface area contributed by atoms with E-state index >= 15 is 0 Å². The van der Waals surface area contributed by atoms with Crippen molar-refractivity contribution in [3.63, 3.8) is 0 Å². The first-order chi connectivity index (χ1) is 6.79. The molecule has 0 fully saturated rings. The van der Waals surface area contributed by atoms with Gasteiger partial charge in [-0.05, 0) is 0 Å². The zero-order chi connectivity index (χ0) is 9.97. The van der Waals surface area contributed by atoms with Crippen LogP contribution < -0.4 is 5.73 Å². The lowest BCUT2D eigenvalue weighted by Crippen LogP contribution is -2.02. The molecule has 2 rings (SSSR count). The van der Waals surface area contributed by atoms with Gasteiger partial charge in [0.1, 0.15) is 5.69 Å². The second-order valence-electron chi connectivity index (χ2n) is 2.88. The molecule has 0 saturated heterocycles. The molecule has 2 heterocycles. The Kier molecular flexibility index (Phi) is 2.28. The van der Waals surface area contributed by atoms with Crippen LogP contribution in [0, 0.1) is 0 Å². The van der Waals surface area contributed by atoms with Crippen molar-refractivity contribution >= 4 is 0 Å². The van der Waals surface area contributed by atoms with Crippen molar-refractivity contribution in [3.8, 4) is 11.5 Å². The van der Waals surface area contributed by atoms with Gasteiger partial charge < -0.3 is 10.2 Å². The Morgan fingerprint density at radius 3 is 3.00 bits per heavy atom. The number of hydrogen-bond acceptors (Lipinski definition) is 5. The minimum Gasteiger partial charge on any atom is -0.439 e. The molecule has 6 heteroatoms. The van der Waals surface area contributed by atoms with Gasteiger partial charge in [-0.1, -0.05) is 0 Å².